The quantitative estimate of drug-likeness (QED) is 0.144. The van der Waals surface area contributed by atoms with Gasteiger partial charge in [0, 0.05) is 16.6 Å². The minimum atomic E-state index is -4.74. The molecule has 40 heavy (non-hydrogen) atoms. The van der Waals surface area contributed by atoms with Crippen molar-refractivity contribution in [3.05, 3.63) is 105 Å². The summed E-state index contributed by atoms with van der Waals surface area (Å²) in [6.07, 6.45) is -1.84. The number of thiazole rings is 1. The van der Waals surface area contributed by atoms with Crippen LogP contribution in [0.1, 0.15) is 42.1 Å². The first-order chi connectivity index (χ1) is 19.1. The summed E-state index contributed by atoms with van der Waals surface area (Å²) in [7, 11) is 0. The molecule has 0 saturated carbocycles. The molecule has 0 atom stereocenters. The van der Waals surface area contributed by atoms with Crippen molar-refractivity contribution in [3.8, 4) is 11.4 Å². The lowest BCUT2D eigenvalue weighted by atomic mass is 10.0. The maximum absolute atomic E-state index is 12.3. The number of aryl methyl sites for hydroxylation is 1. The lowest BCUT2D eigenvalue weighted by Crippen LogP contribution is -2.16. The number of ether oxygens (including phenoxy) is 1. The van der Waals surface area contributed by atoms with Gasteiger partial charge < -0.3 is 10.5 Å². The molecule has 3 aromatic carbocycles. The normalized spacial score (nSPS) is 13.2. The van der Waals surface area contributed by atoms with Crippen LogP contribution in [0.25, 0.3) is 5.69 Å². The van der Waals surface area contributed by atoms with Crippen LogP contribution in [0.3, 0.4) is 0 Å². The standard InChI is InChI=1S/C29H27F3N6OS/c1-19(2)25-6-4-5-7-26(25)38-20(3)17-40-28(38)37-36-16-21-8-10-22(11-9-21)27(33)35-18-34-23-12-14-24(15-13-23)39-29(30,31)32/h4-19H,1-3H3,(H2,33,34,35)/b36-16+,37-28+. The number of amidine groups is 1. The van der Waals surface area contributed by atoms with Crippen molar-refractivity contribution in [1.82, 2.24) is 4.57 Å². The van der Waals surface area contributed by atoms with Crippen LogP contribution in [-0.4, -0.2) is 29.3 Å². The molecule has 0 aliphatic rings. The Morgan fingerprint density at radius 1 is 1.00 bits per heavy atom. The molecular formula is C29H27F3N6OS. The fourth-order valence-electron chi connectivity index (χ4n) is 3.79. The Hall–Kier alpha value is -4.51. The molecule has 1 heterocycles. The average molecular weight is 565 g/mol. The van der Waals surface area contributed by atoms with Crippen LogP contribution in [0.15, 0.2) is 98.4 Å². The van der Waals surface area contributed by atoms with E-state index in [0.29, 0.717) is 17.2 Å². The molecule has 1 aromatic heterocycles. The van der Waals surface area contributed by atoms with Crippen molar-refractivity contribution in [3.63, 3.8) is 0 Å². The monoisotopic (exact) mass is 564 g/mol. The number of halogens is 3. The van der Waals surface area contributed by atoms with E-state index in [4.69, 9.17) is 5.73 Å². The number of hydrogen-bond donors (Lipinski definition) is 1. The van der Waals surface area contributed by atoms with Crippen LogP contribution in [0.4, 0.5) is 18.9 Å². The lowest BCUT2D eigenvalue weighted by Gasteiger charge is -2.14. The summed E-state index contributed by atoms with van der Waals surface area (Å²) in [6, 6.07) is 20.7. The van der Waals surface area contributed by atoms with Gasteiger partial charge in [0.25, 0.3) is 0 Å². The van der Waals surface area contributed by atoms with E-state index in [2.05, 4.69) is 67.8 Å². The van der Waals surface area contributed by atoms with E-state index in [0.717, 1.165) is 21.7 Å². The average Bonchev–Trinajstić information content (AvgIpc) is 3.29. The Morgan fingerprint density at radius 2 is 1.70 bits per heavy atom. The number of aromatic nitrogens is 1. The Balaban J connectivity index is 1.44. The maximum atomic E-state index is 12.3. The van der Waals surface area contributed by atoms with Gasteiger partial charge >= 0.3 is 6.36 Å². The Morgan fingerprint density at radius 3 is 2.38 bits per heavy atom. The van der Waals surface area contributed by atoms with Gasteiger partial charge in [-0.15, -0.1) is 29.6 Å². The minimum Gasteiger partial charge on any atom is -0.406 e. The molecule has 0 amide bonds. The molecule has 0 bridgehead atoms. The topological polar surface area (TPSA) is 89.6 Å². The summed E-state index contributed by atoms with van der Waals surface area (Å²) in [5.41, 5.74) is 11.4. The molecule has 0 saturated heterocycles. The molecule has 0 fully saturated rings. The number of para-hydroxylation sites is 1. The van der Waals surface area contributed by atoms with E-state index in [1.54, 1.807) is 18.3 Å². The fraction of sp³-hybridized carbons (Fsp3) is 0.172. The number of nitrogens with two attached hydrogens (primary N) is 1. The van der Waals surface area contributed by atoms with Crippen molar-refractivity contribution >= 4 is 35.4 Å². The number of nitrogens with zero attached hydrogens (tertiary/aromatic N) is 5. The Kier molecular flexibility index (Phi) is 8.95. The zero-order chi connectivity index (χ0) is 28.7. The van der Waals surface area contributed by atoms with Crippen LogP contribution in [0.2, 0.25) is 0 Å². The lowest BCUT2D eigenvalue weighted by molar-refractivity contribution is -0.274. The molecular weight excluding hydrogens is 537 g/mol. The van der Waals surface area contributed by atoms with Gasteiger partial charge in [-0.05, 0) is 54.3 Å². The number of alkyl halides is 3. The highest BCUT2D eigenvalue weighted by Gasteiger charge is 2.30. The summed E-state index contributed by atoms with van der Waals surface area (Å²) >= 11 is 1.53. The summed E-state index contributed by atoms with van der Waals surface area (Å²) in [6.45, 7) is 6.39. The molecule has 0 aliphatic carbocycles. The van der Waals surface area contributed by atoms with Gasteiger partial charge in [-0.3, -0.25) is 4.57 Å². The second-order valence-corrected chi connectivity index (χ2v) is 9.81. The van der Waals surface area contributed by atoms with E-state index >= 15 is 0 Å². The van der Waals surface area contributed by atoms with Crippen LogP contribution in [0, 0.1) is 6.92 Å². The third-order valence-electron chi connectivity index (χ3n) is 5.71. The highest BCUT2D eigenvalue weighted by molar-refractivity contribution is 7.07. The van der Waals surface area contributed by atoms with Crippen molar-refractivity contribution in [2.75, 3.05) is 0 Å². The molecule has 0 unspecified atom stereocenters. The minimum absolute atomic E-state index is 0.230. The first kappa shape index (κ1) is 28.5. The molecule has 11 heteroatoms. The zero-order valence-electron chi connectivity index (χ0n) is 22.0. The highest BCUT2D eigenvalue weighted by atomic mass is 32.1. The predicted octanol–water partition coefficient (Wildman–Crippen LogP) is 6.87. The highest BCUT2D eigenvalue weighted by Crippen LogP contribution is 2.25. The summed E-state index contributed by atoms with van der Waals surface area (Å²) in [5, 5.41) is 10.8. The summed E-state index contributed by atoms with van der Waals surface area (Å²) in [4.78, 5) is 8.95. The van der Waals surface area contributed by atoms with Gasteiger partial charge in [-0.1, -0.05) is 56.3 Å². The summed E-state index contributed by atoms with van der Waals surface area (Å²) < 4.78 is 42.7. The molecule has 2 N–H and O–H groups in total. The molecule has 4 aromatic rings. The Labute approximate surface area is 233 Å². The van der Waals surface area contributed by atoms with Gasteiger partial charge in [-0.25, -0.2) is 9.98 Å². The van der Waals surface area contributed by atoms with Crippen LogP contribution in [0.5, 0.6) is 5.75 Å². The third-order valence-corrected chi connectivity index (χ3v) is 6.64. The van der Waals surface area contributed by atoms with E-state index < -0.39 is 6.36 Å². The summed E-state index contributed by atoms with van der Waals surface area (Å²) in [5.74, 6) is 0.272. The van der Waals surface area contributed by atoms with Crippen LogP contribution >= 0.6 is 11.3 Å². The first-order valence-corrected chi connectivity index (χ1v) is 13.1. The predicted molar refractivity (Wildman–Crippen MR) is 154 cm³/mol. The van der Waals surface area contributed by atoms with Gasteiger partial charge in [0.15, 0.2) is 0 Å². The molecule has 0 aliphatic heterocycles. The van der Waals surface area contributed by atoms with Gasteiger partial charge in [-0.2, -0.15) is 5.10 Å². The molecule has 0 radical (unpaired) electrons. The van der Waals surface area contributed by atoms with E-state index in [-0.39, 0.29) is 11.6 Å². The molecule has 7 nitrogen and oxygen atoms in total. The van der Waals surface area contributed by atoms with E-state index in [9.17, 15) is 13.2 Å². The van der Waals surface area contributed by atoms with Gasteiger partial charge in [0.1, 0.15) is 17.9 Å². The molecule has 206 valence electrons. The number of hydrogen-bond acceptors (Lipinski definition) is 5. The van der Waals surface area contributed by atoms with Crippen molar-refractivity contribution in [2.24, 2.45) is 25.9 Å². The van der Waals surface area contributed by atoms with Crippen LogP contribution < -0.4 is 15.3 Å². The number of benzene rings is 3. The molecule has 0 spiro atoms. The second-order valence-electron chi connectivity index (χ2n) is 8.98. The largest absolute Gasteiger partial charge is 0.573 e. The number of rotatable bonds is 8. The maximum Gasteiger partial charge on any atom is 0.573 e. The van der Waals surface area contributed by atoms with Crippen LogP contribution in [-0.2, 0) is 0 Å². The van der Waals surface area contributed by atoms with Crippen molar-refractivity contribution < 1.29 is 17.9 Å². The molecule has 4 rings (SSSR count). The SMILES string of the molecule is Cc1cs/c(=N/N=C/c2ccc(C(N)=NC=Nc3ccc(OC(F)(F)F)cc3)cc2)n1-c1ccccc1C(C)C. The smallest absolute Gasteiger partial charge is 0.406 e. The van der Waals surface area contributed by atoms with Crippen molar-refractivity contribution in [1.29, 1.82) is 0 Å². The Bertz CT molecular complexity index is 1600. The fourth-order valence-corrected chi connectivity index (χ4v) is 4.61. The van der Waals surface area contributed by atoms with E-state index in [1.807, 2.05) is 24.3 Å². The second kappa shape index (κ2) is 12.6. The van der Waals surface area contributed by atoms with Crippen molar-refractivity contribution in [2.45, 2.75) is 33.1 Å². The number of aliphatic imine (C=N–C) groups is 2. The van der Waals surface area contributed by atoms with Gasteiger partial charge in [0.2, 0.25) is 4.80 Å². The zero-order valence-corrected chi connectivity index (χ0v) is 22.8. The van der Waals surface area contributed by atoms with E-state index in [1.165, 1.54) is 47.5 Å². The van der Waals surface area contributed by atoms with Gasteiger partial charge in [0.05, 0.1) is 17.6 Å². The third kappa shape index (κ3) is 7.54. The first-order valence-electron chi connectivity index (χ1n) is 12.3.